The van der Waals surface area contributed by atoms with E-state index in [9.17, 15) is 9.59 Å². The van der Waals surface area contributed by atoms with Crippen LogP contribution in [0.2, 0.25) is 10.0 Å². The summed E-state index contributed by atoms with van der Waals surface area (Å²) >= 11 is 11.7. The SMILES string of the molecule is O=CN(C(=O)Nc1ccc2ncoc2c1)c1ccc(Cl)c(Cl)c1. The molecule has 116 valence electrons. The molecule has 0 fully saturated rings. The molecule has 0 atom stereocenters. The molecule has 0 bridgehead atoms. The lowest BCUT2D eigenvalue weighted by Gasteiger charge is -2.17. The number of imide groups is 1. The number of carbonyl (C=O) groups is 2. The van der Waals surface area contributed by atoms with Crippen LogP contribution in [0.1, 0.15) is 0 Å². The van der Waals surface area contributed by atoms with Crippen molar-refractivity contribution in [2.75, 3.05) is 10.2 Å². The predicted molar refractivity (Wildman–Crippen MR) is 88.0 cm³/mol. The molecular weight excluding hydrogens is 341 g/mol. The van der Waals surface area contributed by atoms with Crippen LogP contribution in [0, 0.1) is 0 Å². The van der Waals surface area contributed by atoms with Crippen molar-refractivity contribution in [3.05, 3.63) is 52.8 Å². The van der Waals surface area contributed by atoms with Gasteiger partial charge < -0.3 is 9.73 Å². The molecule has 1 aromatic heterocycles. The van der Waals surface area contributed by atoms with Gasteiger partial charge in [0, 0.05) is 11.8 Å². The number of anilines is 2. The van der Waals surface area contributed by atoms with E-state index in [1.807, 2.05) is 0 Å². The first-order valence-corrected chi connectivity index (χ1v) is 7.18. The summed E-state index contributed by atoms with van der Waals surface area (Å²) in [6, 6.07) is 8.76. The Morgan fingerprint density at radius 2 is 2.00 bits per heavy atom. The molecule has 2 aromatic carbocycles. The van der Waals surface area contributed by atoms with Gasteiger partial charge in [0.25, 0.3) is 0 Å². The van der Waals surface area contributed by atoms with E-state index >= 15 is 0 Å². The minimum atomic E-state index is -0.641. The molecule has 3 rings (SSSR count). The van der Waals surface area contributed by atoms with Crippen molar-refractivity contribution < 1.29 is 14.0 Å². The largest absolute Gasteiger partial charge is 0.443 e. The second-order valence-corrected chi connectivity index (χ2v) is 5.35. The zero-order valence-electron chi connectivity index (χ0n) is 11.5. The third kappa shape index (κ3) is 3.13. The Balaban J connectivity index is 1.84. The smallest absolute Gasteiger partial charge is 0.332 e. The van der Waals surface area contributed by atoms with Crippen LogP contribution in [0.15, 0.2) is 47.2 Å². The molecule has 3 amide bonds. The number of fused-ring (bicyclic) bond motifs is 1. The van der Waals surface area contributed by atoms with E-state index in [4.69, 9.17) is 27.6 Å². The quantitative estimate of drug-likeness (QED) is 0.714. The zero-order valence-corrected chi connectivity index (χ0v) is 13.0. The Morgan fingerprint density at radius 3 is 2.74 bits per heavy atom. The molecule has 1 heterocycles. The molecule has 0 radical (unpaired) electrons. The number of aromatic nitrogens is 1. The fourth-order valence-corrected chi connectivity index (χ4v) is 2.27. The molecular formula is C15H9Cl2N3O3. The molecule has 0 spiro atoms. The Kier molecular flexibility index (Phi) is 4.18. The lowest BCUT2D eigenvalue weighted by atomic mass is 10.3. The van der Waals surface area contributed by atoms with E-state index in [0.29, 0.717) is 33.9 Å². The minimum Gasteiger partial charge on any atom is -0.443 e. The standard InChI is InChI=1S/C15H9Cl2N3O3/c16-11-3-2-10(6-12(11)17)20(8-21)15(22)19-9-1-4-13-14(5-9)23-7-18-13/h1-8H,(H,19,22). The number of benzene rings is 2. The molecule has 0 saturated carbocycles. The average Bonchev–Trinajstić information content (AvgIpc) is 2.99. The molecule has 1 N–H and O–H groups in total. The molecule has 8 heteroatoms. The number of halogens is 2. The predicted octanol–water partition coefficient (Wildman–Crippen LogP) is 4.33. The second kappa shape index (κ2) is 6.28. The average molecular weight is 350 g/mol. The number of urea groups is 1. The fraction of sp³-hybridized carbons (Fsp3) is 0. The van der Waals surface area contributed by atoms with E-state index in [1.165, 1.54) is 24.6 Å². The minimum absolute atomic E-state index is 0.242. The molecule has 0 aliphatic rings. The van der Waals surface area contributed by atoms with E-state index < -0.39 is 6.03 Å². The summed E-state index contributed by atoms with van der Waals surface area (Å²) in [4.78, 5) is 28.4. The van der Waals surface area contributed by atoms with Crippen LogP contribution in [0.4, 0.5) is 16.2 Å². The van der Waals surface area contributed by atoms with Crippen molar-refractivity contribution in [3.63, 3.8) is 0 Å². The van der Waals surface area contributed by atoms with Crippen molar-refractivity contribution in [3.8, 4) is 0 Å². The lowest BCUT2D eigenvalue weighted by molar-refractivity contribution is -0.106. The lowest BCUT2D eigenvalue weighted by Crippen LogP contribution is -2.33. The number of amides is 3. The second-order valence-electron chi connectivity index (χ2n) is 4.54. The highest BCUT2D eigenvalue weighted by Gasteiger charge is 2.16. The van der Waals surface area contributed by atoms with Gasteiger partial charge in [0.2, 0.25) is 6.41 Å². The summed E-state index contributed by atoms with van der Waals surface area (Å²) in [5.41, 5.74) is 1.95. The number of oxazole rings is 1. The summed E-state index contributed by atoms with van der Waals surface area (Å²) in [5, 5.41) is 3.17. The topological polar surface area (TPSA) is 75.4 Å². The van der Waals surface area contributed by atoms with Gasteiger partial charge in [-0.25, -0.2) is 14.7 Å². The number of hydrogen-bond acceptors (Lipinski definition) is 4. The van der Waals surface area contributed by atoms with Crippen molar-refractivity contribution in [2.45, 2.75) is 0 Å². The van der Waals surface area contributed by atoms with E-state index in [2.05, 4.69) is 10.3 Å². The van der Waals surface area contributed by atoms with Gasteiger partial charge in [0.05, 0.1) is 15.7 Å². The van der Waals surface area contributed by atoms with Gasteiger partial charge in [-0.15, -0.1) is 0 Å². The van der Waals surface area contributed by atoms with Gasteiger partial charge in [0.15, 0.2) is 12.0 Å². The first-order valence-electron chi connectivity index (χ1n) is 6.42. The number of rotatable bonds is 3. The van der Waals surface area contributed by atoms with E-state index in [1.54, 1.807) is 18.2 Å². The molecule has 3 aromatic rings. The van der Waals surface area contributed by atoms with Crippen LogP contribution >= 0.6 is 23.2 Å². The third-order valence-corrected chi connectivity index (χ3v) is 3.83. The molecule has 23 heavy (non-hydrogen) atoms. The summed E-state index contributed by atoms with van der Waals surface area (Å²) in [5.74, 6) is 0. The number of carbonyl (C=O) groups excluding carboxylic acids is 2. The van der Waals surface area contributed by atoms with Crippen LogP contribution < -0.4 is 10.2 Å². The molecule has 0 aliphatic carbocycles. The summed E-state index contributed by atoms with van der Waals surface area (Å²) in [6.45, 7) is 0. The first kappa shape index (κ1) is 15.3. The van der Waals surface area contributed by atoms with Crippen LogP contribution in [0.5, 0.6) is 0 Å². The van der Waals surface area contributed by atoms with Gasteiger partial charge in [0.1, 0.15) is 5.52 Å². The Hall–Kier alpha value is -2.57. The summed E-state index contributed by atoms with van der Waals surface area (Å²) in [7, 11) is 0. The van der Waals surface area contributed by atoms with E-state index in [-0.39, 0.29) is 5.02 Å². The number of nitrogens with zero attached hydrogens (tertiary/aromatic N) is 2. The third-order valence-electron chi connectivity index (χ3n) is 3.09. The Labute approximate surface area is 140 Å². The van der Waals surface area contributed by atoms with Gasteiger partial charge in [-0.3, -0.25) is 4.79 Å². The normalized spacial score (nSPS) is 10.5. The molecule has 0 aliphatic heterocycles. The van der Waals surface area contributed by atoms with Gasteiger partial charge in [-0.1, -0.05) is 23.2 Å². The van der Waals surface area contributed by atoms with Gasteiger partial charge >= 0.3 is 6.03 Å². The van der Waals surface area contributed by atoms with Crippen LogP contribution in [0.25, 0.3) is 11.1 Å². The highest BCUT2D eigenvalue weighted by Crippen LogP contribution is 2.27. The highest BCUT2D eigenvalue weighted by molar-refractivity contribution is 6.42. The number of nitrogens with one attached hydrogen (secondary N) is 1. The Morgan fingerprint density at radius 1 is 1.17 bits per heavy atom. The van der Waals surface area contributed by atoms with Crippen molar-refractivity contribution in [1.29, 1.82) is 0 Å². The van der Waals surface area contributed by atoms with Crippen LogP contribution in [-0.2, 0) is 4.79 Å². The highest BCUT2D eigenvalue weighted by atomic mass is 35.5. The van der Waals surface area contributed by atoms with Crippen molar-refractivity contribution >= 4 is 58.1 Å². The first-order chi connectivity index (χ1) is 11.1. The monoisotopic (exact) mass is 349 g/mol. The zero-order chi connectivity index (χ0) is 16.4. The maximum absolute atomic E-state index is 12.3. The maximum atomic E-state index is 12.3. The van der Waals surface area contributed by atoms with Crippen LogP contribution in [0.3, 0.4) is 0 Å². The molecule has 0 unspecified atom stereocenters. The molecule has 0 saturated heterocycles. The Bertz CT molecular complexity index is 895. The van der Waals surface area contributed by atoms with Crippen molar-refractivity contribution in [1.82, 2.24) is 4.98 Å². The fourth-order valence-electron chi connectivity index (χ4n) is 1.98. The molecule has 6 nitrogen and oxygen atoms in total. The van der Waals surface area contributed by atoms with E-state index in [0.717, 1.165) is 4.90 Å². The summed E-state index contributed by atoms with van der Waals surface area (Å²) in [6.07, 6.45) is 1.70. The van der Waals surface area contributed by atoms with Crippen molar-refractivity contribution in [2.24, 2.45) is 0 Å². The summed E-state index contributed by atoms with van der Waals surface area (Å²) < 4.78 is 5.16. The van der Waals surface area contributed by atoms with Gasteiger partial charge in [-0.2, -0.15) is 0 Å². The van der Waals surface area contributed by atoms with Gasteiger partial charge in [-0.05, 0) is 30.3 Å². The van der Waals surface area contributed by atoms with Crippen LogP contribution in [-0.4, -0.2) is 17.4 Å². The maximum Gasteiger partial charge on any atom is 0.332 e. The number of hydrogen-bond donors (Lipinski definition) is 1.